The summed E-state index contributed by atoms with van der Waals surface area (Å²) in [4.78, 5) is 9.27. The lowest BCUT2D eigenvalue weighted by atomic mass is 10.0. The maximum absolute atomic E-state index is 15.6. The molecule has 2 aromatic heterocycles. The van der Waals surface area contributed by atoms with Crippen molar-refractivity contribution < 1.29 is 28.5 Å². The number of ether oxygens (including phenoxy) is 2. The van der Waals surface area contributed by atoms with Gasteiger partial charge in [0, 0.05) is 48.2 Å². The van der Waals surface area contributed by atoms with Crippen LogP contribution in [0.1, 0.15) is 47.2 Å². The Morgan fingerprint density at radius 3 is 2.48 bits per heavy atom. The number of imidazole rings is 1. The van der Waals surface area contributed by atoms with Crippen LogP contribution in [-0.4, -0.2) is 38.5 Å². The number of nitriles is 1. The van der Waals surface area contributed by atoms with Gasteiger partial charge in [-0.3, -0.25) is 0 Å². The first-order valence-electron chi connectivity index (χ1n) is 14.2. The zero-order valence-electron chi connectivity index (χ0n) is 24.0. The van der Waals surface area contributed by atoms with Gasteiger partial charge in [-0.05, 0) is 54.8 Å². The molecule has 3 aromatic carbocycles. The smallest absolute Gasteiger partial charge is 0.214 e. The first-order chi connectivity index (χ1) is 21.3. The highest BCUT2D eigenvalue weighted by molar-refractivity contribution is 5.77. The number of halogens is 2. The minimum absolute atomic E-state index is 0.0298. The molecule has 44 heavy (non-hydrogen) atoms. The first-order valence-corrected chi connectivity index (χ1v) is 14.2. The van der Waals surface area contributed by atoms with Crippen molar-refractivity contribution in [1.29, 1.82) is 5.26 Å². The summed E-state index contributed by atoms with van der Waals surface area (Å²) >= 11 is 0. The van der Waals surface area contributed by atoms with Crippen LogP contribution >= 0.6 is 0 Å². The van der Waals surface area contributed by atoms with Crippen LogP contribution in [0.15, 0.2) is 72.8 Å². The van der Waals surface area contributed by atoms with Crippen LogP contribution in [0.2, 0.25) is 0 Å². The van der Waals surface area contributed by atoms with Crippen LogP contribution in [0.4, 0.5) is 8.78 Å². The molecule has 0 atom stereocenters. The van der Waals surface area contributed by atoms with E-state index in [-0.39, 0.29) is 35.4 Å². The molecule has 0 saturated heterocycles. The van der Waals surface area contributed by atoms with E-state index < -0.39 is 17.9 Å². The standard InChI is InChI=1S/C34H30F2N4O4/c1-43-20-34(11-12-34)19-40-30-15-24(33(41)42)9-10-29(30)38-31(40)16-22-7-8-23(14-27(22)36)28-3-2-4-32(39-28)44-18-25-6-5-21(17-37)13-26(25)35/h2-10,13-15,33,41-42H,11-12,16,18-20H2,1H3. The van der Waals surface area contributed by atoms with Crippen molar-refractivity contribution in [2.45, 2.75) is 38.7 Å². The summed E-state index contributed by atoms with van der Waals surface area (Å²) in [6, 6.07) is 21.2. The zero-order chi connectivity index (χ0) is 30.8. The molecule has 6 rings (SSSR count). The van der Waals surface area contributed by atoms with Crippen LogP contribution < -0.4 is 4.74 Å². The SMILES string of the molecule is COCC1(Cn2c(Cc3ccc(-c4cccc(OCc5ccc(C#N)cc5F)n4)cc3F)nc3ccc(C(O)O)cc32)CC1. The molecule has 1 aliphatic rings. The molecule has 0 radical (unpaired) electrons. The van der Waals surface area contributed by atoms with Gasteiger partial charge < -0.3 is 24.3 Å². The largest absolute Gasteiger partial charge is 0.473 e. The van der Waals surface area contributed by atoms with Gasteiger partial charge in [-0.25, -0.2) is 18.7 Å². The highest BCUT2D eigenvalue weighted by Gasteiger charge is 2.43. The summed E-state index contributed by atoms with van der Waals surface area (Å²) in [5.74, 6) is -0.0359. The number of aliphatic hydroxyl groups excluding tert-OH is 1. The lowest BCUT2D eigenvalue weighted by Gasteiger charge is -2.18. The minimum Gasteiger partial charge on any atom is -0.473 e. The molecule has 2 N–H and O–H groups in total. The van der Waals surface area contributed by atoms with Crippen LogP contribution in [0, 0.1) is 28.4 Å². The minimum atomic E-state index is -1.61. The van der Waals surface area contributed by atoms with E-state index >= 15 is 4.39 Å². The molecule has 5 aromatic rings. The van der Waals surface area contributed by atoms with Gasteiger partial charge in [-0.15, -0.1) is 0 Å². The van der Waals surface area contributed by atoms with E-state index in [9.17, 15) is 14.6 Å². The van der Waals surface area contributed by atoms with Gasteiger partial charge in [0.2, 0.25) is 5.88 Å². The Labute approximate surface area is 252 Å². The summed E-state index contributed by atoms with van der Waals surface area (Å²) in [5.41, 5.74) is 3.78. The first kappa shape index (κ1) is 29.4. The summed E-state index contributed by atoms with van der Waals surface area (Å²) in [7, 11) is 1.68. The molecule has 0 bridgehead atoms. The van der Waals surface area contributed by atoms with Gasteiger partial charge in [0.1, 0.15) is 24.1 Å². The molecule has 2 heterocycles. The van der Waals surface area contributed by atoms with Crippen molar-refractivity contribution in [2.24, 2.45) is 5.41 Å². The van der Waals surface area contributed by atoms with Gasteiger partial charge in [0.25, 0.3) is 0 Å². The van der Waals surface area contributed by atoms with Gasteiger partial charge >= 0.3 is 0 Å². The molecular formula is C34H30F2N4O4. The van der Waals surface area contributed by atoms with Crippen LogP contribution in [0.3, 0.4) is 0 Å². The Morgan fingerprint density at radius 2 is 1.77 bits per heavy atom. The van der Waals surface area contributed by atoms with Gasteiger partial charge in [-0.2, -0.15) is 5.26 Å². The lowest BCUT2D eigenvalue weighted by Crippen LogP contribution is -2.19. The Bertz CT molecular complexity index is 1880. The molecule has 0 unspecified atom stereocenters. The van der Waals surface area contributed by atoms with Gasteiger partial charge in [0.15, 0.2) is 6.29 Å². The summed E-state index contributed by atoms with van der Waals surface area (Å²) in [6.45, 7) is 1.14. The van der Waals surface area contributed by atoms with Crippen molar-refractivity contribution in [1.82, 2.24) is 14.5 Å². The molecule has 1 aliphatic carbocycles. The van der Waals surface area contributed by atoms with E-state index in [1.165, 1.54) is 18.2 Å². The number of rotatable bonds is 11. The number of aromatic nitrogens is 3. The maximum atomic E-state index is 15.6. The third kappa shape index (κ3) is 6.17. The Kier molecular flexibility index (Phi) is 8.10. The highest BCUT2D eigenvalue weighted by Crippen LogP contribution is 2.48. The summed E-state index contributed by atoms with van der Waals surface area (Å²) in [6.07, 6.45) is 0.625. The molecular weight excluding hydrogens is 566 g/mol. The lowest BCUT2D eigenvalue weighted by molar-refractivity contribution is -0.0424. The van der Waals surface area contributed by atoms with Crippen molar-refractivity contribution in [3.63, 3.8) is 0 Å². The normalized spacial score (nSPS) is 13.8. The number of methoxy groups -OCH3 is 1. The third-order valence-electron chi connectivity index (χ3n) is 8.03. The fourth-order valence-corrected chi connectivity index (χ4v) is 5.39. The Balaban J connectivity index is 1.24. The fraction of sp³-hybridized carbons (Fsp3) is 0.265. The topological polar surface area (TPSA) is 113 Å². The number of fused-ring (bicyclic) bond motifs is 1. The molecule has 0 aliphatic heterocycles. The average molecular weight is 597 g/mol. The summed E-state index contributed by atoms with van der Waals surface area (Å²) < 4.78 is 43.0. The average Bonchev–Trinajstić information content (AvgIpc) is 3.70. The van der Waals surface area contributed by atoms with E-state index in [1.807, 2.05) is 10.6 Å². The predicted octanol–water partition coefficient (Wildman–Crippen LogP) is 5.83. The van der Waals surface area contributed by atoms with Crippen molar-refractivity contribution in [3.8, 4) is 23.2 Å². The molecule has 1 fully saturated rings. The Hall–Kier alpha value is -4.69. The van der Waals surface area contributed by atoms with E-state index in [4.69, 9.17) is 19.7 Å². The molecule has 224 valence electrons. The molecule has 0 spiro atoms. The number of aliphatic hydroxyl groups is 2. The van der Waals surface area contributed by atoms with Gasteiger partial charge in [0.05, 0.1) is 35.0 Å². The fourth-order valence-electron chi connectivity index (χ4n) is 5.39. The number of hydrogen-bond donors (Lipinski definition) is 2. The second-order valence-corrected chi connectivity index (χ2v) is 11.2. The van der Waals surface area contributed by atoms with E-state index in [0.29, 0.717) is 46.9 Å². The second kappa shape index (κ2) is 12.1. The molecule has 8 nitrogen and oxygen atoms in total. The van der Waals surface area contributed by atoms with E-state index in [1.54, 1.807) is 55.6 Å². The number of pyridine rings is 1. The second-order valence-electron chi connectivity index (χ2n) is 11.2. The molecule has 1 saturated carbocycles. The maximum Gasteiger partial charge on any atom is 0.214 e. The van der Waals surface area contributed by atoms with Crippen LogP contribution in [0.25, 0.3) is 22.3 Å². The van der Waals surface area contributed by atoms with Crippen molar-refractivity contribution in [3.05, 3.63) is 113 Å². The number of nitrogens with zero attached hydrogens (tertiary/aromatic N) is 4. The zero-order valence-corrected chi connectivity index (χ0v) is 24.0. The van der Waals surface area contributed by atoms with Crippen LogP contribution in [0.5, 0.6) is 5.88 Å². The van der Waals surface area contributed by atoms with Gasteiger partial charge in [-0.1, -0.05) is 30.3 Å². The third-order valence-corrected chi connectivity index (χ3v) is 8.03. The van der Waals surface area contributed by atoms with E-state index in [0.717, 1.165) is 24.4 Å². The molecule has 0 amide bonds. The summed E-state index contributed by atoms with van der Waals surface area (Å²) in [5, 5.41) is 28.4. The highest BCUT2D eigenvalue weighted by atomic mass is 19.1. The predicted molar refractivity (Wildman–Crippen MR) is 158 cm³/mol. The Morgan fingerprint density at radius 1 is 0.977 bits per heavy atom. The van der Waals surface area contributed by atoms with Crippen molar-refractivity contribution in [2.75, 3.05) is 13.7 Å². The van der Waals surface area contributed by atoms with Crippen molar-refractivity contribution >= 4 is 11.0 Å². The number of hydrogen-bond acceptors (Lipinski definition) is 7. The van der Waals surface area contributed by atoms with Crippen LogP contribution in [-0.2, 0) is 24.3 Å². The quantitative estimate of drug-likeness (QED) is 0.185. The monoisotopic (exact) mass is 596 g/mol. The number of benzene rings is 3. The van der Waals surface area contributed by atoms with E-state index in [2.05, 4.69) is 4.98 Å². The molecule has 10 heteroatoms.